The normalized spacial score (nSPS) is 11.7. The van der Waals surface area contributed by atoms with Crippen LogP contribution < -0.4 is 20.9 Å². The number of aldehydes is 1. The highest BCUT2D eigenvalue weighted by molar-refractivity contribution is 7.89. The van der Waals surface area contributed by atoms with E-state index in [4.69, 9.17) is 15.0 Å². The molecule has 47 heavy (non-hydrogen) atoms. The van der Waals surface area contributed by atoms with Crippen molar-refractivity contribution in [1.29, 1.82) is 0 Å². The number of carboxylic acids is 1. The zero-order chi connectivity index (χ0) is 35.0. The third kappa shape index (κ3) is 15.8. The van der Waals surface area contributed by atoms with E-state index < -0.39 is 44.4 Å². The van der Waals surface area contributed by atoms with Crippen molar-refractivity contribution >= 4 is 61.3 Å². The number of carbonyl (C=O) groups excluding carboxylic acids is 4. The molecule has 0 fully saturated rings. The minimum atomic E-state index is -3.94. The zero-order valence-corrected chi connectivity index (χ0v) is 27.0. The highest BCUT2D eigenvalue weighted by atomic mass is 32.2. The second-order valence-electron chi connectivity index (χ2n) is 10.3. The molecule has 0 radical (unpaired) electrons. The summed E-state index contributed by atoms with van der Waals surface area (Å²) in [4.78, 5) is 62.7. The van der Waals surface area contributed by atoms with Gasteiger partial charge in [0.2, 0.25) is 31.9 Å². The van der Waals surface area contributed by atoms with Crippen LogP contribution in [0.25, 0.3) is 0 Å². The van der Waals surface area contributed by atoms with Crippen molar-refractivity contribution in [3.05, 3.63) is 48.5 Å². The van der Waals surface area contributed by atoms with Crippen molar-refractivity contribution < 1.29 is 50.7 Å². The van der Waals surface area contributed by atoms with Crippen molar-refractivity contribution in [2.45, 2.75) is 29.1 Å². The molecule has 2 amide bonds. The molecule has 2 aromatic carbocycles. The zero-order valence-electron chi connectivity index (χ0n) is 25.4. The predicted molar refractivity (Wildman–Crippen MR) is 169 cm³/mol. The van der Waals surface area contributed by atoms with E-state index in [1.165, 1.54) is 58.3 Å². The van der Waals surface area contributed by atoms with Crippen LogP contribution in [0.15, 0.2) is 58.3 Å². The monoisotopic (exact) mass is 698 g/mol. The van der Waals surface area contributed by atoms with Gasteiger partial charge in [-0.3, -0.25) is 29.0 Å². The Labute approximate surface area is 272 Å². The molecule has 17 nitrogen and oxygen atoms in total. The van der Waals surface area contributed by atoms with Crippen LogP contribution in [0.4, 0.5) is 11.4 Å². The first kappa shape index (κ1) is 39.1. The molecule has 0 aliphatic carbocycles. The number of rotatable bonds is 22. The van der Waals surface area contributed by atoms with Gasteiger partial charge in [-0.25, -0.2) is 27.1 Å². The van der Waals surface area contributed by atoms with E-state index in [1.807, 2.05) is 0 Å². The quantitative estimate of drug-likeness (QED) is 0.0746. The van der Waals surface area contributed by atoms with Gasteiger partial charge in [-0.05, 0) is 55.0 Å². The number of nitrogens with one attached hydrogen (secondary N) is 2. The number of nitrogens with zero attached hydrogens (tertiary/aromatic N) is 2. The molecule has 2 rings (SSSR count). The first-order valence-corrected chi connectivity index (χ1v) is 17.2. The minimum absolute atomic E-state index is 0.00294. The Kier molecular flexibility index (Phi) is 15.7. The molecule has 0 saturated heterocycles. The second kappa shape index (κ2) is 18.9. The average molecular weight is 699 g/mol. The number of benzene rings is 2. The van der Waals surface area contributed by atoms with Gasteiger partial charge in [-0.2, -0.15) is 0 Å². The Morgan fingerprint density at radius 3 is 1.57 bits per heavy atom. The Hall–Kier alpha value is -4.11. The van der Waals surface area contributed by atoms with Crippen LogP contribution in [0.1, 0.15) is 19.3 Å². The number of Topliss-reactive ketones (excluding diaryl/α,β-unsaturated/α-hetero) is 1. The molecule has 0 heterocycles. The summed E-state index contributed by atoms with van der Waals surface area (Å²) < 4.78 is 51.2. The fourth-order valence-corrected chi connectivity index (χ4v) is 5.13. The number of anilines is 2. The number of ether oxygens (including phenoxy) is 1. The molecule has 0 aliphatic rings. The van der Waals surface area contributed by atoms with Gasteiger partial charge in [0, 0.05) is 43.9 Å². The Morgan fingerprint density at radius 2 is 1.17 bits per heavy atom. The Bertz CT molecular complexity index is 1600. The predicted octanol–water partition coefficient (Wildman–Crippen LogP) is -0.798. The summed E-state index contributed by atoms with van der Waals surface area (Å²) in [7, 11) is -7.87. The third-order valence-corrected chi connectivity index (χ3v) is 8.14. The summed E-state index contributed by atoms with van der Waals surface area (Å²) in [5, 5.41) is 24.7. The molecule has 0 unspecified atom stereocenters. The number of hydrogen-bond donors (Lipinski definition) is 5. The number of ketones is 1. The molecule has 0 saturated carbocycles. The van der Waals surface area contributed by atoms with E-state index in [9.17, 15) is 45.9 Å². The number of aliphatic carboxylic acids is 1. The topological polar surface area (TPSA) is 266 Å². The van der Waals surface area contributed by atoms with Crippen LogP contribution in [0.2, 0.25) is 0 Å². The lowest BCUT2D eigenvalue weighted by Crippen LogP contribution is -2.44. The van der Waals surface area contributed by atoms with E-state index in [2.05, 4.69) is 10.6 Å². The second-order valence-corrected chi connectivity index (χ2v) is 13.4. The van der Waals surface area contributed by atoms with Gasteiger partial charge in [0.15, 0.2) is 0 Å². The maximum atomic E-state index is 12.9. The number of carbonyl (C=O) groups is 5. The van der Waals surface area contributed by atoms with Crippen LogP contribution in [-0.4, -0.2) is 114 Å². The van der Waals surface area contributed by atoms with Gasteiger partial charge in [0.05, 0.1) is 42.6 Å². The molecular weight excluding hydrogens is 660 g/mol. The first-order chi connectivity index (χ1) is 22.1. The molecule has 2 aromatic rings. The molecule has 0 aromatic heterocycles. The summed E-state index contributed by atoms with van der Waals surface area (Å²) in [5.41, 5.74) is 0.510. The lowest BCUT2D eigenvalue weighted by Gasteiger charge is -2.26. The Morgan fingerprint density at radius 1 is 0.723 bits per heavy atom. The third-order valence-electron chi connectivity index (χ3n) is 6.28. The van der Waals surface area contributed by atoms with Crippen LogP contribution in [0.5, 0.6) is 0 Å². The number of sulfonamides is 2. The van der Waals surface area contributed by atoms with E-state index in [1.54, 1.807) is 0 Å². The van der Waals surface area contributed by atoms with E-state index in [0.29, 0.717) is 12.7 Å². The summed E-state index contributed by atoms with van der Waals surface area (Å²) in [5.74, 6) is -2.62. The summed E-state index contributed by atoms with van der Waals surface area (Å²) in [6.45, 7) is -0.966. The number of primary sulfonamides is 2. The van der Waals surface area contributed by atoms with E-state index in [0.717, 1.165) is 0 Å². The van der Waals surface area contributed by atoms with E-state index >= 15 is 0 Å². The Balaban J connectivity index is 2.07. The average Bonchev–Trinajstić information content (AvgIpc) is 2.97. The van der Waals surface area contributed by atoms with Crippen molar-refractivity contribution in [3.8, 4) is 0 Å². The van der Waals surface area contributed by atoms with Gasteiger partial charge in [0.25, 0.3) is 0 Å². The van der Waals surface area contributed by atoms with Gasteiger partial charge in [-0.1, -0.05) is 0 Å². The smallest absolute Gasteiger partial charge is 0.317 e. The van der Waals surface area contributed by atoms with Gasteiger partial charge in [-0.15, -0.1) is 0 Å². The lowest BCUT2D eigenvalue weighted by molar-refractivity contribution is -0.139. The van der Waals surface area contributed by atoms with Crippen molar-refractivity contribution in [1.82, 2.24) is 9.80 Å². The molecular formula is C28H38N6O11S2. The van der Waals surface area contributed by atoms with Gasteiger partial charge in [0.1, 0.15) is 12.1 Å². The molecule has 0 atom stereocenters. The summed E-state index contributed by atoms with van der Waals surface area (Å²) in [6.07, 6.45) is 1.43. The summed E-state index contributed by atoms with van der Waals surface area (Å²) in [6, 6.07) is 10.2. The highest BCUT2D eigenvalue weighted by Gasteiger charge is 2.20. The summed E-state index contributed by atoms with van der Waals surface area (Å²) >= 11 is 0. The lowest BCUT2D eigenvalue weighted by atomic mass is 10.2. The standard InChI is InChI=1S/C28H38N6O11S2/c29-46(41,42)24-8-4-21(5-9-24)31-26(37)18-33(17-23(36)3-1-15-45-16-2-14-35)12-13-34(20-28(39)40)19-27(38)32-22-6-10-25(11-7-22)47(30,43)44/h4-11,14H,1-3,12-13,15-20H2,(H,31,37)(H,32,38)(H,39,40)(H2,29,41,42)(H2,30,43,44). The molecule has 0 spiro atoms. The van der Waals surface area contributed by atoms with Crippen LogP contribution in [0.3, 0.4) is 0 Å². The van der Waals surface area contributed by atoms with Crippen LogP contribution >= 0.6 is 0 Å². The number of hydrogen-bond acceptors (Lipinski definition) is 12. The minimum Gasteiger partial charge on any atom is -0.480 e. The van der Waals surface area contributed by atoms with Crippen molar-refractivity contribution in [2.24, 2.45) is 10.3 Å². The van der Waals surface area contributed by atoms with Crippen LogP contribution in [-0.2, 0) is 48.8 Å². The molecule has 19 heteroatoms. The SMILES string of the molecule is NS(=O)(=O)c1ccc(NC(=O)CN(CCN(CC(=O)CCCOCCC=O)CC(=O)Nc2ccc(S(N)(=O)=O)cc2)CC(=O)O)cc1. The van der Waals surface area contributed by atoms with Crippen LogP contribution in [0, 0.1) is 0 Å². The maximum Gasteiger partial charge on any atom is 0.317 e. The molecule has 258 valence electrons. The molecule has 0 bridgehead atoms. The van der Waals surface area contributed by atoms with Gasteiger partial charge >= 0.3 is 5.97 Å². The largest absolute Gasteiger partial charge is 0.480 e. The van der Waals surface area contributed by atoms with Gasteiger partial charge < -0.3 is 25.3 Å². The fraction of sp³-hybridized carbons (Fsp3) is 0.393. The number of carboxylic acid groups (broad SMARTS) is 1. The molecule has 0 aliphatic heterocycles. The highest BCUT2D eigenvalue weighted by Crippen LogP contribution is 2.14. The number of nitrogens with two attached hydrogens (primary N) is 2. The van der Waals surface area contributed by atoms with Crippen molar-refractivity contribution in [2.75, 3.05) is 63.1 Å². The first-order valence-electron chi connectivity index (χ1n) is 14.1. The van der Waals surface area contributed by atoms with Crippen molar-refractivity contribution in [3.63, 3.8) is 0 Å². The maximum absolute atomic E-state index is 12.9. The fourth-order valence-electron chi connectivity index (χ4n) is 4.10. The molecule has 7 N–H and O–H groups in total. The van der Waals surface area contributed by atoms with E-state index in [-0.39, 0.29) is 85.7 Å². The number of amides is 2.